The number of hydrogen-bond acceptors (Lipinski definition) is 3. The van der Waals surface area contributed by atoms with Crippen molar-refractivity contribution in [2.45, 2.75) is 57.2 Å². The Morgan fingerprint density at radius 3 is 2.52 bits per heavy atom. The second-order valence-electron chi connectivity index (χ2n) is 6.23. The van der Waals surface area contributed by atoms with Crippen LogP contribution in [0.5, 0.6) is 0 Å². The molecular formula is C15H21N3O3. The first-order valence-electron chi connectivity index (χ1n) is 7.59. The van der Waals surface area contributed by atoms with Crippen molar-refractivity contribution >= 4 is 11.9 Å². The van der Waals surface area contributed by atoms with Gasteiger partial charge in [-0.3, -0.25) is 14.3 Å². The molecule has 3 heterocycles. The summed E-state index contributed by atoms with van der Waals surface area (Å²) >= 11 is 0. The van der Waals surface area contributed by atoms with Crippen molar-refractivity contribution in [2.75, 3.05) is 0 Å². The van der Waals surface area contributed by atoms with Gasteiger partial charge in [-0.15, -0.1) is 0 Å². The van der Waals surface area contributed by atoms with E-state index in [4.69, 9.17) is 5.11 Å². The van der Waals surface area contributed by atoms with Crippen molar-refractivity contribution in [3.63, 3.8) is 0 Å². The highest BCUT2D eigenvalue weighted by atomic mass is 16.4. The molecule has 3 rings (SSSR count). The molecule has 21 heavy (non-hydrogen) atoms. The van der Waals surface area contributed by atoms with Crippen LogP contribution in [-0.2, 0) is 9.59 Å². The molecule has 2 saturated heterocycles. The van der Waals surface area contributed by atoms with Crippen molar-refractivity contribution in [3.05, 3.63) is 18.5 Å². The minimum atomic E-state index is -0.732. The highest BCUT2D eigenvalue weighted by Gasteiger charge is 2.44. The lowest BCUT2D eigenvalue weighted by atomic mass is 9.88. The molecule has 2 bridgehead atoms. The summed E-state index contributed by atoms with van der Waals surface area (Å²) in [6.07, 6.45) is 7.35. The van der Waals surface area contributed by atoms with Gasteiger partial charge in [0.2, 0.25) is 5.91 Å². The van der Waals surface area contributed by atoms with E-state index in [1.165, 1.54) is 0 Å². The van der Waals surface area contributed by atoms with Crippen LogP contribution >= 0.6 is 0 Å². The molecule has 1 aromatic heterocycles. The maximum atomic E-state index is 12.7. The molecular weight excluding hydrogens is 270 g/mol. The van der Waals surface area contributed by atoms with E-state index in [0.29, 0.717) is 0 Å². The number of carbonyl (C=O) groups is 2. The number of fused-ring (bicyclic) bond motifs is 2. The standard InChI is InChI=1S/C15H21N3O3/c1-10(17-6-2-5-16-17)15(21)18-12-3-4-13(18)8-11(7-12)9-14(19)20/h2,5-6,10-13H,3-4,7-9H2,1H3,(H,19,20). The predicted molar refractivity (Wildman–Crippen MR) is 75.6 cm³/mol. The van der Waals surface area contributed by atoms with E-state index in [0.717, 1.165) is 25.7 Å². The molecule has 3 atom stereocenters. The van der Waals surface area contributed by atoms with Gasteiger partial charge < -0.3 is 10.0 Å². The van der Waals surface area contributed by atoms with Crippen molar-refractivity contribution < 1.29 is 14.7 Å². The summed E-state index contributed by atoms with van der Waals surface area (Å²) in [5.41, 5.74) is 0. The number of piperidine rings is 1. The lowest BCUT2D eigenvalue weighted by molar-refractivity contribution is -0.141. The SMILES string of the molecule is CC(C(=O)N1C2CCC1CC(CC(=O)O)C2)n1cccn1. The maximum absolute atomic E-state index is 12.7. The van der Waals surface area contributed by atoms with E-state index < -0.39 is 5.97 Å². The molecule has 0 aliphatic carbocycles. The molecule has 0 radical (unpaired) electrons. The van der Waals surface area contributed by atoms with Gasteiger partial charge >= 0.3 is 5.97 Å². The fraction of sp³-hybridized carbons (Fsp3) is 0.667. The van der Waals surface area contributed by atoms with Gasteiger partial charge in [-0.1, -0.05) is 0 Å². The Labute approximate surface area is 123 Å². The molecule has 3 unspecified atom stereocenters. The fourth-order valence-corrected chi connectivity index (χ4v) is 3.90. The zero-order valence-electron chi connectivity index (χ0n) is 12.2. The van der Waals surface area contributed by atoms with Crippen molar-refractivity contribution in [1.29, 1.82) is 0 Å². The van der Waals surface area contributed by atoms with Crippen LogP contribution in [0.2, 0.25) is 0 Å². The van der Waals surface area contributed by atoms with Crippen molar-refractivity contribution in [2.24, 2.45) is 5.92 Å². The first-order chi connectivity index (χ1) is 10.1. The number of carboxylic acids is 1. The summed E-state index contributed by atoms with van der Waals surface area (Å²) in [4.78, 5) is 25.6. The highest BCUT2D eigenvalue weighted by Crippen LogP contribution is 2.40. The Balaban J connectivity index is 1.70. The summed E-state index contributed by atoms with van der Waals surface area (Å²) in [6.45, 7) is 1.87. The number of nitrogens with zero attached hydrogens (tertiary/aromatic N) is 3. The normalized spacial score (nSPS) is 29.4. The summed E-state index contributed by atoms with van der Waals surface area (Å²) in [6, 6.07) is 1.94. The first-order valence-corrected chi connectivity index (χ1v) is 7.59. The number of amides is 1. The molecule has 2 aliphatic heterocycles. The summed E-state index contributed by atoms with van der Waals surface area (Å²) in [5, 5.41) is 13.1. The van der Waals surface area contributed by atoms with Gasteiger partial charge in [-0.25, -0.2) is 0 Å². The summed E-state index contributed by atoms with van der Waals surface area (Å²) in [5.74, 6) is -0.409. The number of aromatic nitrogens is 2. The number of rotatable bonds is 4. The van der Waals surface area contributed by atoms with Crippen LogP contribution in [0, 0.1) is 5.92 Å². The van der Waals surface area contributed by atoms with Crippen LogP contribution in [0.1, 0.15) is 45.1 Å². The quantitative estimate of drug-likeness (QED) is 0.916. The average Bonchev–Trinajstić information content (AvgIpc) is 3.04. The van der Waals surface area contributed by atoms with Gasteiger partial charge in [0.05, 0.1) is 0 Å². The van der Waals surface area contributed by atoms with Crippen molar-refractivity contribution in [3.8, 4) is 0 Å². The lowest BCUT2D eigenvalue weighted by Gasteiger charge is -2.39. The van der Waals surface area contributed by atoms with E-state index in [-0.39, 0.29) is 36.4 Å². The van der Waals surface area contributed by atoms with E-state index in [1.54, 1.807) is 10.9 Å². The van der Waals surface area contributed by atoms with Crippen LogP contribution in [-0.4, -0.2) is 43.7 Å². The molecule has 0 spiro atoms. The van der Waals surface area contributed by atoms with E-state index in [2.05, 4.69) is 5.10 Å². The molecule has 1 aromatic rings. The van der Waals surface area contributed by atoms with Crippen LogP contribution in [0.25, 0.3) is 0 Å². The Kier molecular flexibility index (Phi) is 3.69. The van der Waals surface area contributed by atoms with Gasteiger partial charge in [0.1, 0.15) is 6.04 Å². The van der Waals surface area contributed by atoms with Gasteiger partial charge in [0, 0.05) is 30.9 Å². The highest BCUT2D eigenvalue weighted by molar-refractivity contribution is 5.81. The zero-order chi connectivity index (χ0) is 15.0. The number of carbonyl (C=O) groups excluding carboxylic acids is 1. The molecule has 114 valence electrons. The Morgan fingerprint density at radius 2 is 2.00 bits per heavy atom. The Morgan fingerprint density at radius 1 is 1.33 bits per heavy atom. The zero-order valence-corrected chi connectivity index (χ0v) is 12.2. The Bertz CT molecular complexity index is 514. The van der Waals surface area contributed by atoms with Gasteiger partial charge in [-0.2, -0.15) is 5.10 Å². The van der Waals surface area contributed by atoms with Crippen molar-refractivity contribution in [1.82, 2.24) is 14.7 Å². The monoisotopic (exact) mass is 291 g/mol. The van der Waals surface area contributed by atoms with Gasteiger partial charge in [-0.05, 0) is 44.6 Å². The largest absolute Gasteiger partial charge is 0.481 e. The van der Waals surface area contributed by atoms with E-state index >= 15 is 0 Å². The Hall–Kier alpha value is -1.85. The van der Waals surface area contributed by atoms with Crippen LogP contribution < -0.4 is 0 Å². The molecule has 1 N–H and O–H groups in total. The maximum Gasteiger partial charge on any atom is 0.303 e. The predicted octanol–water partition coefficient (Wildman–Crippen LogP) is 1.69. The van der Waals surface area contributed by atoms with E-state index in [1.807, 2.05) is 24.1 Å². The molecule has 2 fully saturated rings. The molecule has 6 nitrogen and oxygen atoms in total. The van der Waals surface area contributed by atoms with Gasteiger partial charge in [0.15, 0.2) is 0 Å². The van der Waals surface area contributed by atoms with Gasteiger partial charge in [0.25, 0.3) is 0 Å². The summed E-state index contributed by atoms with van der Waals surface area (Å²) < 4.78 is 1.69. The number of carboxylic acid groups (broad SMARTS) is 1. The fourth-order valence-electron chi connectivity index (χ4n) is 3.90. The van der Waals surface area contributed by atoms with Crippen LogP contribution in [0.3, 0.4) is 0 Å². The van der Waals surface area contributed by atoms with Crippen LogP contribution in [0.4, 0.5) is 0 Å². The smallest absolute Gasteiger partial charge is 0.303 e. The molecule has 0 saturated carbocycles. The first kappa shape index (κ1) is 14.1. The van der Waals surface area contributed by atoms with E-state index in [9.17, 15) is 9.59 Å². The number of hydrogen-bond donors (Lipinski definition) is 1. The molecule has 1 amide bonds. The lowest BCUT2D eigenvalue weighted by Crippen LogP contribution is -2.49. The molecule has 6 heteroatoms. The third-order valence-electron chi connectivity index (χ3n) is 4.83. The topological polar surface area (TPSA) is 75.4 Å². The number of aliphatic carboxylic acids is 1. The second-order valence-corrected chi connectivity index (χ2v) is 6.23. The molecule has 2 aliphatic rings. The van der Waals surface area contributed by atoms with Crippen LogP contribution in [0.15, 0.2) is 18.5 Å². The second kappa shape index (κ2) is 5.50. The molecule has 0 aromatic carbocycles. The minimum Gasteiger partial charge on any atom is -0.481 e. The minimum absolute atomic E-state index is 0.111. The third kappa shape index (κ3) is 2.66. The average molecular weight is 291 g/mol. The summed E-state index contributed by atoms with van der Waals surface area (Å²) in [7, 11) is 0. The third-order valence-corrected chi connectivity index (χ3v) is 4.83.